The molecule has 1 aromatic carbocycles. The molecule has 0 fully saturated rings. The van der Waals surface area contributed by atoms with E-state index in [4.69, 9.17) is 4.74 Å². The van der Waals surface area contributed by atoms with Gasteiger partial charge >= 0.3 is 0 Å². The zero-order valence-corrected chi connectivity index (χ0v) is 18.6. The van der Waals surface area contributed by atoms with Crippen LogP contribution in [0.25, 0.3) is 0 Å². The van der Waals surface area contributed by atoms with Gasteiger partial charge in [-0.05, 0) is 6.07 Å². The maximum absolute atomic E-state index is 5.68. The Kier molecular flexibility index (Phi) is 10.3. The summed E-state index contributed by atoms with van der Waals surface area (Å²) in [5.41, 5.74) is 2.11. The van der Waals surface area contributed by atoms with Crippen molar-refractivity contribution in [1.82, 2.24) is 15.6 Å². The lowest BCUT2D eigenvalue weighted by Gasteiger charge is -2.14. The maximum atomic E-state index is 5.68. The van der Waals surface area contributed by atoms with Crippen LogP contribution in [0.5, 0.6) is 5.75 Å². The molecular weight excluding hydrogens is 459 g/mol. The second kappa shape index (κ2) is 11.9. The molecule has 0 spiro atoms. The standard InChI is InChI=1S/C19H26N4OS.HI/c1-5-10-24-17-9-7-6-8-15(17)11-21-19(20-4)22-12-16-13-25-18(23-16)14(2)3;/h5-9,13-14H,1,10-12H2,2-4H3,(H2,20,21,22);1H. The zero-order chi connectivity index (χ0) is 18.1. The second-order valence-electron chi connectivity index (χ2n) is 5.82. The summed E-state index contributed by atoms with van der Waals surface area (Å²) in [5, 5.41) is 9.86. The first kappa shape index (κ1) is 22.4. The number of guanidine groups is 1. The third-order valence-corrected chi connectivity index (χ3v) is 4.69. The Morgan fingerprint density at radius 1 is 1.31 bits per heavy atom. The van der Waals surface area contributed by atoms with E-state index in [1.165, 1.54) is 0 Å². The van der Waals surface area contributed by atoms with Crippen LogP contribution in [0.1, 0.15) is 36.0 Å². The number of aromatic nitrogens is 1. The van der Waals surface area contributed by atoms with Gasteiger partial charge in [0, 0.05) is 30.5 Å². The lowest BCUT2D eigenvalue weighted by molar-refractivity contribution is 0.358. The molecular formula is C19H27IN4OS. The average molecular weight is 486 g/mol. The van der Waals surface area contributed by atoms with Crippen molar-refractivity contribution in [2.75, 3.05) is 13.7 Å². The third kappa shape index (κ3) is 6.95. The minimum atomic E-state index is 0. The molecule has 1 heterocycles. The molecule has 142 valence electrons. The van der Waals surface area contributed by atoms with Crippen LogP contribution in [0.4, 0.5) is 0 Å². The number of thiazole rings is 1. The average Bonchev–Trinajstić information content (AvgIpc) is 3.10. The van der Waals surface area contributed by atoms with Gasteiger partial charge in [-0.25, -0.2) is 4.98 Å². The van der Waals surface area contributed by atoms with Gasteiger partial charge in [0.1, 0.15) is 12.4 Å². The van der Waals surface area contributed by atoms with Crippen LogP contribution in [0.15, 0.2) is 47.3 Å². The Labute approximate surface area is 177 Å². The Morgan fingerprint density at radius 3 is 2.69 bits per heavy atom. The van der Waals surface area contributed by atoms with Crippen molar-refractivity contribution in [3.63, 3.8) is 0 Å². The number of nitrogens with zero attached hydrogens (tertiary/aromatic N) is 2. The maximum Gasteiger partial charge on any atom is 0.191 e. The molecule has 0 unspecified atom stereocenters. The number of hydrogen-bond donors (Lipinski definition) is 2. The van der Waals surface area contributed by atoms with Gasteiger partial charge in [-0.3, -0.25) is 4.99 Å². The number of ether oxygens (including phenoxy) is 1. The molecule has 0 saturated carbocycles. The van der Waals surface area contributed by atoms with Crippen molar-refractivity contribution in [2.45, 2.75) is 32.9 Å². The van der Waals surface area contributed by atoms with E-state index < -0.39 is 0 Å². The summed E-state index contributed by atoms with van der Waals surface area (Å²) < 4.78 is 5.68. The van der Waals surface area contributed by atoms with E-state index in [1.54, 1.807) is 24.5 Å². The summed E-state index contributed by atoms with van der Waals surface area (Å²) >= 11 is 1.70. The molecule has 2 rings (SSSR count). The van der Waals surface area contributed by atoms with Gasteiger partial charge in [0.2, 0.25) is 0 Å². The fraction of sp³-hybridized carbons (Fsp3) is 0.368. The molecule has 2 aromatic rings. The number of halogens is 1. The highest BCUT2D eigenvalue weighted by atomic mass is 127. The smallest absolute Gasteiger partial charge is 0.191 e. The predicted octanol–water partition coefficient (Wildman–Crippen LogP) is 4.31. The highest BCUT2D eigenvalue weighted by Crippen LogP contribution is 2.19. The first-order chi connectivity index (χ1) is 12.1. The van der Waals surface area contributed by atoms with E-state index in [1.807, 2.05) is 24.3 Å². The summed E-state index contributed by atoms with van der Waals surface area (Å²) in [7, 11) is 1.76. The van der Waals surface area contributed by atoms with Crippen molar-refractivity contribution >= 4 is 41.3 Å². The number of para-hydroxylation sites is 1. The van der Waals surface area contributed by atoms with Gasteiger partial charge in [-0.15, -0.1) is 35.3 Å². The molecule has 26 heavy (non-hydrogen) atoms. The molecule has 7 heteroatoms. The van der Waals surface area contributed by atoms with Crippen LogP contribution >= 0.6 is 35.3 Å². The lowest BCUT2D eigenvalue weighted by atomic mass is 10.2. The molecule has 2 N–H and O–H groups in total. The summed E-state index contributed by atoms with van der Waals surface area (Å²) in [6, 6.07) is 7.95. The lowest BCUT2D eigenvalue weighted by Crippen LogP contribution is -2.36. The van der Waals surface area contributed by atoms with Gasteiger partial charge in [-0.2, -0.15) is 0 Å². The van der Waals surface area contributed by atoms with Crippen LogP contribution in [-0.4, -0.2) is 24.6 Å². The largest absolute Gasteiger partial charge is 0.489 e. The Bertz CT molecular complexity index is 715. The summed E-state index contributed by atoms with van der Waals surface area (Å²) in [6.45, 7) is 9.76. The number of nitrogens with one attached hydrogen (secondary N) is 2. The minimum Gasteiger partial charge on any atom is -0.489 e. The van der Waals surface area contributed by atoms with Crippen molar-refractivity contribution in [3.05, 3.63) is 58.6 Å². The van der Waals surface area contributed by atoms with Gasteiger partial charge < -0.3 is 15.4 Å². The van der Waals surface area contributed by atoms with Crippen molar-refractivity contribution in [2.24, 2.45) is 4.99 Å². The van der Waals surface area contributed by atoms with E-state index in [0.717, 1.165) is 28.0 Å². The van der Waals surface area contributed by atoms with Crippen LogP contribution in [0.2, 0.25) is 0 Å². The molecule has 0 bridgehead atoms. The first-order valence-corrected chi connectivity index (χ1v) is 9.22. The van der Waals surface area contributed by atoms with E-state index >= 15 is 0 Å². The van der Waals surface area contributed by atoms with Crippen LogP contribution in [0, 0.1) is 0 Å². The van der Waals surface area contributed by atoms with Gasteiger partial charge in [0.25, 0.3) is 0 Å². The number of hydrogen-bond acceptors (Lipinski definition) is 4. The predicted molar refractivity (Wildman–Crippen MR) is 121 cm³/mol. The summed E-state index contributed by atoms with van der Waals surface area (Å²) in [5.74, 6) is 2.05. The van der Waals surface area contributed by atoms with Gasteiger partial charge in [0.05, 0.1) is 17.2 Å². The Hall–Kier alpha value is -1.61. The minimum absolute atomic E-state index is 0. The number of aliphatic imine (C=N–C) groups is 1. The molecule has 0 saturated heterocycles. The van der Waals surface area contributed by atoms with Gasteiger partial charge in [0.15, 0.2) is 5.96 Å². The fourth-order valence-corrected chi connectivity index (χ4v) is 3.02. The first-order valence-electron chi connectivity index (χ1n) is 8.34. The van der Waals surface area contributed by atoms with E-state index in [2.05, 4.69) is 46.4 Å². The third-order valence-electron chi connectivity index (χ3n) is 3.50. The van der Waals surface area contributed by atoms with E-state index in [0.29, 0.717) is 25.6 Å². The SMILES string of the molecule is C=CCOc1ccccc1CNC(=NC)NCc1csc(C(C)C)n1.I. The van der Waals surface area contributed by atoms with Crippen LogP contribution < -0.4 is 15.4 Å². The van der Waals surface area contributed by atoms with E-state index in [-0.39, 0.29) is 24.0 Å². The fourth-order valence-electron chi connectivity index (χ4n) is 2.18. The van der Waals surface area contributed by atoms with Crippen molar-refractivity contribution in [3.8, 4) is 5.75 Å². The second-order valence-corrected chi connectivity index (χ2v) is 6.71. The molecule has 5 nitrogen and oxygen atoms in total. The molecule has 0 aliphatic carbocycles. The van der Waals surface area contributed by atoms with Crippen molar-refractivity contribution < 1.29 is 4.74 Å². The van der Waals surface area contributed by atoms with Gasteiger partial charge in [-0.1, -0.05) is 44.7 Å². The number of rotatable bonds is 8. The molecule has 0 atom stereocenters. The monoisotopic (exact) mass is 486 g/mol. The highest BCUT2D eigenvalue weighted by molar-refractivity contribution is 14.0. The Balaban J connectivity index is 0.00000338. The topological polar surface area (TPSA) is 58.5 Å². The quantitative estimate of drug-likeness (QED) is 0.253. The zero-order valence-electron chi connectivity index (χ0n) is 15.5. The van der Waals surface area contributed by atoms with Crippen molar-refractivity contribution in [1.29, 1.82) is 0 Å². The molecule has 0 aliphatic rings. The normalized spacial score (nSPS) is 11.0. The highest BCUT2D eigenvalue weighted by Gasteiger charge is 2.07. The van der Waals surface area contributed by atoms with Crippen LogP contribution in [-0.2, 0) is 13.1 Å². The summed E-state index contributed by atoms with van der Waals surface area (Å²) in [4.78, 5) is 8.89. The Morgan fingerprint density at radius 2 is 2.04 bits per heavy atom. The molecule has 0 aliphatic heterocycles. The molecule has 0 radical (unpaired) electrons. The molecule has 0 amide bonds. The number of benzene rings is 1. The van der Waals surface area contributed by atoms with Crippen LogP contribution in [0.3, 0.4) is 0 Å². The molecule has 1 aromatic heterocycles. The summed E-state index contributed by atoms with van der Waals surface area (Å²) in [6.07, 6.45) is 1.74. The van der Waals surface area contributed by atoms with E-state index in [9.17, 15) is 0 Å².